The van der Waals surface area contributed by atoms with Gasteiger partial charge in [-0.2, -0.15) is 0 Å². The van der Waals surface area contributed by atoms with Crippen molar-refractivity contribution in [1.82, 2.24) is 14.8 Å². The van der Waals surface area contributed by atoms with Crippen molar-refractivity contribution in [2.24, 2.45) is 0 Å². The number of carbonyl (C=O) groups is 2. The number of carbonyl (C=O) groups excluding carboxylic acids is 2. The highest BCUT2D eigenvalue weighted by Gasteiger charge is 2.16. The van der Waals surface area contributed by atoms with Crippen LogP contribution in [0.2, 0.25) is 0 Å². The molecule has 3 aromatic rings. The molecule has 3 rings (SSSR count). The molecule has 0 bridgehead atoms. The molecular weight excluding hydrogens is 376 g/mol. The van der Waals surface area contributed by atoms with E-state index in [0.29, 0.717) is 28.5 Å². The van der Waals surface area contributed by atoms with E-state index in [9.17, 15) is 14.4 Å². The number of ketones is 1. The second-order valence-electron chi connectivity index (χ2n) is 6.04. The summed E-state index contributed by atoms with van der Waals surface area (Å²) in [4.78, 5) is 36.9. The summed E-state index contributed by atoms with van der Waals surface area (Å²) in [7, 11) is 0. The van der Waals surface area contributed by atoms with Crippen LogP contribution in [0.25, 0.3) is 0 Å². The molecule has 0 aliphatic heterocycles. The summed E-state index contributed by atoms with van der Waals surface area (Å²) in [5.74, 6) is -0.368. The fourth-order valence-electron chi connectivity index (χ4n) is 2.69. The van der Waals surface area contributed by atoms with Crippen molar-refractivity contribution >= 4 is 29.1 Å². The second-order valence-corrected chi connectivity index (χ2v) is 6.98. The number of H-pyrrole nitrogens is 1. The Morgan fingerprint density at radius 3 is 2.57 bits per heavy atom. The van der Waals surface area contributed by atoms with Gasteiger partial charge in [0.1, 0.15) is 0 Å². The van der Waals surface area contributed by atoms with Crippen LogP contribution < -0.4 is 11.0 Å². The smallest absolute Gasteiger partial charge is 0.325 e. The summed E-state index contributed by atoms with van der Waals surface area (Å²) >= 11 is 1.17. The number of benzene rings is 2. The van der Waals surface area contributed by atoms with Crippen LogP contribution in [-0.2, 0) is 11.3 Å². The molecule has 0 atom stereocenters. The molecule has 0 aliphatic carbocycles. The van der Waals surface area contributed by atoms with Crippen LogP contribution in [-0.4, -0.2) is 32.2 Å². The van der Waals surface area contributed by atoms with Gasteiger partial charge in [-0.05, 0) is 18.6 Å². The number of hydrogen-bond donors (Lipinski definition) is 2. The van der Waals surface area contributed by atoms with E-state index >= 15 is 0 Å². The fraction of sp³-hybridized carbons (Fsp3) is 0.200. The summed E-state index contributed by atoms with van der Waals surface area (Å²) < 4.78 is 1.50. The molecule has 0 spiro atoms. The van der Waals surface area contributed by atoms with Crippen molar-refractivity contribution in [2.75, 3.05) is 11.1 Å². The summed E-state index contributed by atoms with van der Waals surface area (Å²) in [6, 6.07) is 15.8. The van der Waals surface area contributed by atoms with Crippen LogP contribution in [0.3, 0.4) is 0 Å². The van der Waals surface area contributed by atoms with Gasteiger partial charge >= 0.3 is 5.69 Å². The molecule has 0 radical (unpaired) electrons. The first-order valence-electron chi connectivity index (χ1n) is 8.86. The molecule has 0 aliphatic rings. The average molecular weight is 396 g/mol. The maximum atomic E-state index is 12.7. The molecule has 2 N–H and O–H groups in total. The summed E-state index contributed by atoms with van der Waals surface area (Å²) in [5.41, 5.74) is 1.15. The molecule has 1 amide bonds. The molecule has 1 aromatic heterocycles. The first kappa shape index (κ1) is 19.6. The minimum Gasteiger partial charge on any atom is -0.325 e. The van der Waals surface area contributed by atoms with E-state index in [1.807, 2.05) is 13.0 Å². The number of thioether (sulfide) groups is 1. The Balaban J connectivity index is 1.70. The van der Waals surface area contributed by atoms with E-state index in [1.54, 1.807) is 48.5 Å². The van der Waals surface area contributed by atoms with Crippen LogP contribution in [0.4, 0.5) is 5.69 Å². The van der Waals surface area contributed by atoms with Crippen molar-refractivity contribution in [1.29, 1.82) is 0 Å². The van der Waals surface area contributed by atoms with E-state index in [4.69, 9.17) is 0 Å². The molecule has 7 nitrogen and oxygen atoms in total. The van der Waals surface area contributed by atoms with Crippen molar-refractivity contribution in [2.45, 2.75) is 25.0 Å². The molecule has 28 heavy (non-hydrogen) atoms. The van der Waals surface area contributed by atoms with Crippen molar-refractivity contribution in [3.63, 3.8) is 0 Å². The summed E-state index contributed by atoms with van der Waals surface area (Å²) in [6.07, 6.45) is 0.786. The fourth-order valence-corrected chi connectivity index (χ4v) is 3.46. The monoisotopic (exact) mass is 396 g/mol. The zero-order valence-corrected chi connectivity index (χ0v) is 16.2. The van der Waals surface area contributed by atoms with Crippen LogP contribution in [0, 0.1) is 0 Å². The quantitative estimate of drug-likeness (QED) is 0.451. The number of anilines is 1. The van der Waals surface area contributed by atoms with Gasteiger partial charge in [0.15, 0.2) is 10.9 Å². The van der Waals surface area contributed by atoms with Crippen molar-refractivity contribution < 1.29 is 9.59 Å². The van der Waals surface area contributed by atoms with Gasteiger partial charge < -0.3 is 5.32 Å². The first-order valence-corrected chi connectivity index (χ1v) is 9.85. The minimum absolute atomic E-state index is 0.0713. The van der Waals surface area contributed by atoms with Gasteiger partial charge in [-0.3, -0.25) is 14.2 Å². The van der Waals surface area contributed by atoms with Crippen LogP contribution in [0.5, 0.6) is 0 Å². The Labute approximate surface area is 166 Å². The van der Waals surface area contributed by atoms with Gasteiger partial charge in [-0.1, -0.05) is 61.2 Å². The highest BCUT2D eigenvalue weighted by atomic mass is 32.2. The Kier molecular flexibility index (Phi) is 6.44. The highest BCUT2D eigenvalue weighted by Crippen LogP contribution is 2.20. The highest BCUT2D eigenvalue weighted by molar-refractivity contribution is 7.99. The van der Waals surface area contributed by atoms with Crippen molar-refractivity contribution in [3.8, 4) is 0 Å². The molecule has 0 fully saturated rings. The molecule has 1 heterocycles. The lowest BCUT2D eigenvalue weighted by molar-refractivity contribution is -0.113. The van der Waals surface area contributed by atoms with E-state index in [1.165, 1.54) is 16.3 Å². The molecular formula is C20H20N4O3S. The van der Waals surface area contributed by atoms with Crippen LogP contribution in [0.1, 0.15) is 29.3 Å². The molecule has 8 heteroatoms. The lowest BCUT2D eigenvalue weighted by Crippen LogP contribution is -2.19. The first-order chi connectivity index (χ1) is 13.6. The third-order valence-electron chi connectivity index (χ3n) is 3.98. The standard InChI is InChI=1S/C20H20N4O3S/c1-2-12-24-19(27)22-23-20(24)28-13-17(25)21-16-11-7-6-10-15(16)18(26)14-8-4-3-5-9-14/h3-11H,2,12-13H2,1H3,(H,21,25)(H,22,27). The third-order valence-corrected chi connectivity index (χ3v) is 4.96. The molecule has 0 unspecified atom stereocenters. The van der Waals surface area contributed by atoms with Gasteiger partial charge in [0.2, 0.25) is 5.91 Å². The third kappa shape index (κ3) is 4.58. The topological polar surface area (TPSA) is 96.8 Å². The van der Waals surface area contributed by atoms with Crippen molar-refractivity contribution in [3.05, 3.63) is 76.2 Å². The molecule has 144 valence electrons. The molecule has 2 aromatic carbocycles. The number of aromatic nitrogens is 3. The maximum Gasteiger partial charge on any atom is 0.343 e. The number of aromatic amines is 1. The Bertz CT molecular complexity index is 1030. The predicted molar refractivity (Wildman–Crippen MR) is 109 cm³/mol. The number of amides is 1. The molecule has 0 saturated carbocycles. The van der Waals surface area contributed by atoms with Gasteiger partial charge in [0.05, 0.1) is 11.4 Å². The van der Waals surface area contributed by atoms with Gasteiger partial charge in [0, 0.05) is 17.7 Å². The predicted octanol–water partition coefficient (Wildman–Crippen LogP) is 2.94. The van der Waals surface area contributed by atoms with E-state index in [-0.39, 0.29) is 23.1 Å². The van der Waals surface area contributed by atoms with Crippen LogP contribution in [0.15, 0.2) is 64.5 Å². The number of nitrogens with zero attached hydrogens (tertiary/aromatic N) is 2. The average Bonchev–Trinajstić information content (AvgIpc) is 3.07. The zero-order valence-electron chi connectivity index (χ0n) is 15.3. The Hall–Kier alpha value is -3.13. The van der Waals surface area contributed by atoms with E-state index in [0.717, 1.165) is 6.42 Å². The Morgan fingerprint density at radius 1 is 1.11 bits per heavy atom. The number of nitrogens with one attached hydrogen (secondary N) is 2. The lowest BCUT2D eigenvalue weighted by atomic mass is 10.0. The van der Waals surface area contributed by atoms with Gasteiger partial charge in [0.25, 0.3) is 0 Å². The molecule has 0 saturated heterocycles. The van der Waals surface area contributed by atoms with Crippen LogP contribution >= 0.6 is 11.8 Å². The van der Waals surface area contributed by atoms with Gasteiger partial charge in [-0.25, -0.2) is 9.89 Å². The largest absolute Gasteiger partial charge is 0.343 e. The number of hydrogen-bond acceptors (Lipinski definition) is 5. The number of rotatable bonds is 8. The van der Waals surface area contributed by atoms with Gasteiger partial charge in [-0.15, -0.1) is 5.10 Å². The van der Waals surface area contributed by atoms with E-state index < -0.39 is 0 Å². The minimum atomic E-state index is -0.288. The SMILES string of the molecule is CCCn1c(SCC(=O)Nc2ccccc2C(=O)c2ccccc2)n[nH]c1=O. The lowest BCUT2D eigenvalue weighted by Gasteiger charge is -2.10. The second kappa shape index (κ2) is 9.18. The zero-order chi connectivity index (χ0) is 19.9. The number of para-hydroxylation sites is 1. The maximum absolute atomic E-state index is 12.7. The summed E-state index contributed by atoms with van der Waals surface area (Å²) in [5, 5.41) is 9.60. The Morgan fingerprint density at radius 2 is 1.82 bits per heavy atom. The normalized spacial score (nSPS) is 10.6. The summed E-state index contributed by atoms with van der Waals surface area (Å²) in [6.45, 7) is 2.50. The van der Waals surface area contributed by atoms with E-state index in [2.05, 4.69) is 15.5 Å².